The van der Waals surface area contributed by atoms with Crippen LogP contribution in [0.25, 0.3) is 0 Å². The molecule has 0 saturated carbocycles. The standard InChI is InChI=1S/C14H12F2N2O/c1-9(10-3-2-4-11(15)7-10)14(19)18-13-5-6-17-8-12(13)16/h2-9H,1H3,(H,17,18,19)/t9-/m1/s1. The number of carbonyl (C=O) groups excluding carboxylic acids is 1. The molecule has 0 unspecified atom stereocenters. The van der Waals surface area contributed by atoms with Crippen LogP contribution in [0.3, 0.4) is 0 Å². The minimum absolute atomic E-state index is 0.0586. The highest BCUT2D eigenvalue weighted by Crippen LogP contribution is 2.19. The second kappa shape index (κ2) is 5.56. The van der Waals surface area contributed by atoms with Gasteiger partial charge in [-0.2, -0.15) is 0 Å². The zero-order chi connectivity index (χ0) is 13.8. The second-order valence-electron chi connectivity index (χ2n) is 4.12. The van der Waals surface area contributed by atoms with Crippen molar-refractivity contribution < 1.29 is 13.6 Å². The molecule has 5 heteroatoms. The first-order chi connectivity index (χ1) is 9.08. The van der Waals surface area contributed by atoms with Gasteiger partial charge < -0.3 is 5.32 Å². The molecule has 1 amide bonds. The monoisotopic (exact) mass is 262 g/mol. The summed E-state index contributed by atoms with van der Waals surface area (Å²) in [5.41, 5.74) is 0.593. The molecule has 1 aromatic carbocycles. The van der Waals surface area contributed by atoms with E-state index in [-0.39, 0.29) is 5.69 Å². The average molecular weight is 262 g/mol. The molecule has 0 fully saturated rings. The topological polar surface area (TPSA) is 42.0 Å². The van der Waals surface area contributed by atoms with E-state index in [4.69, 9.17) is 0 Å². The Morgan fingerprint density at radius 3 is 2.79 bits per heavy atom. The van der Waals surface area contributed by atoms with Gasteiger partial charge in [-0.3, -0.25) is 9.78 Å². The van der Waals surface area contributed by atoms with E-state index in [0.717, 1.165) is 6.20 Å². The molecule has 19 heavy (non-hydrogen) atoms. The lowest BCUT2D eigenvalue weighted by molar-refractivity contribution is -0.117. The number of hydrogen-bond acceptors (Lipinski definition) is 2. The number of aromatic nitrogens is 1. The third-order valence-electron chi connectivity index (χ3n) is 2.77. The first kappa shape index (κ1) is 13.1. The minimum atomic E-state index is -0.609. The van der Waals surface area contributed by atoms with Crippen molar-refractivity contribution in [3.8, 4) is 0 Å². The molecule has 0 aliphatic rings. The maximum atomic E-state index is 13.3. The summed E-state index contributed by atoms with van der Waals surface area (Å²) in [5, 5.41) is 2.45. The van der Waals surface area contributed by atoms with Gasteiger partial charge in [0, 0.05) is 6.20 Å². The number of nitrogens with one attached hydrogen (secondary N) is 1. The number of anilines is 1. The molecule has 1 atom stereocenters. The Morgan fingerprint density at radius 1 is 1.32 bits per heavy atom. The van der Waals surface area contributed by atoms with Crippen LogP contribution in [0.4, 0.5) is 14.5 Å². The van der Waals surface area contributed by atoms with Crippen LogP contribution >= 0.6 is 0 Å². The van der Waals surface area contributed by atoms with E-state index < -0.39 is 23.5 Å². The fourth-order valence-corrected chi connectivity index (χ4v) is 1.64. The van der Waals surface area contributed by atoms with Crippen molar-refractivity contribution in [3.63, 3.8) is 0 Å². The van der Waals surface area contributed by atoms with Gasteiger partial charge in [0.05, 0.1) is 17.8 Å². The van der Waals surface area contributed by atoms with Crippen molar-refractivity contribution >= 4 is 11.6 Å². The molecule has 2 rings (SSSR count). The third-order valence-corrected chi connectivity index (χ3v) is 2.77. The Labute approximate surface area is 109 Å². The highest BCUT2D eigenvalue weighted by molar-refractivity contribution is 5.95. The molecular weight excluding hydrogens is 250 g/mol. The summed E-state index contributed by atoms with van der Waals surface area (Å²) < 4.78 is 26.4. The molecular formula is C14H12F2N2O. The summed E-state index contributed by atoms with van der Waals surface area (Å²) in [6, 6.07) is 7.13. The lowest BCUT2D eigenvalue weighted by Gasteiger charge is -2.12. The first-order valence-corrected chi connectivity index (χ1v) is 5.74. The largest absolute Gasteiger partial charge is 0.323 e. The number of rotatable bonds is 3. The molecule has 1 heterocycles. The van der Waals surface area contributed by atoms with Gasteiger partial charge in [-0.05, 0) is 30.7 Å². The average Bonchev–Trinajstić information content (AvgIpc) is 2.40. The van der Waals surface area contributed by atoms with Crippen molar-refractivity contribution in [2.45, 2.75) is 12.8 Å². The van der Waals surface area contributed by atoms with Crippen molar-refractivity contribution in [1.29, 1.82) is 0 Å². The molecule has 98 valence electrons. The Hall–Kier alpha value is -2.30. The maximum absolute atomic E-state index is 13.3. The van der Waals surface area contributed by atoms with Crippen molar-refractivity contribution in [2.75, 3.05) is 5.32 Å². The fraction of sp³-hybridized carbons (Fsp3) is 0.143. The molecule has 1 N–H and O–H groups in total. The summed E-state index contributed by atoms with van der Waals surface area (Å²) >= 11 is 0. The van der Waals surface area contributed by atoms with E-state index in [9.17, 15) is 13.6 Å². The number of pyridine rings is 1. The molecule has 0 aliphatic heterocycles. The van der Waals surface area contributed by atoms with E-state index in [0.29, 0.717) is 5.56 Å². The van der Waals surface area contributed by atoms with Crippen LogP contribution in [-0.4, -0.2) is 10.9 Å². The predicted octanol–water partition coefficient (Wildman–Crippen LogP) is 3.10. The van der Waals surface area contributed by atoms with Crippen LogP contribution in [0.1, 0.15) is 18.4 Å². The Kier molecular flexibility index (Phi) is 3.85. The van der Waals surface area contributed by atoms with Gasteiger partial charge in [-0.15, -0.1) is 0 Å². The summed E-state index contributed by atoms with van der Waals surface area (Å²) in [4.78, 5) is 15.5. The molecule has 0 spiro atoms. The van der Waals surface area contributed by atoms with E-state index in [2.05, 4.69) is 10.3 Å². The molecule has 0 bridgehead atoms. The van der Waals surface area contributed by atoms with E-state index >= 15 is 0 Å². The summed E-state index contributed by atoms with van der Waals surface area (Å²) in [7, 11) is 0. The Bertz CT molecular complexity index is 602. The highest BCUT2D eigenvalue weighted by atomic mass is 19.1. The molecule has 3 nitrogen and oxygen atoms in total. The summed E-state index contributed by atoms with van der Waals surface area (Å²) in [6.07, 6.45) is 2.40. The zero-order valence-electron chi connectivity index (χ0n) is 10.2. The van der Waals surface area contributed by atoms with Gasteiger partial charge in [-0.1, -0.05) is 12.1 Å². The molecule has 0 saturated heterocycles. The van der Waals surface area contributed by atoms with Crippen LogP contribution < -0.4 is 5.32 Å². The van der Waals surface area contributed by atoms with Gasteiger partial charge in [0.25, 0.3) is 0 Å². The van der Waals surface area contributed by atoms with E-state index in [1.54, 1.807) is 13.0 Å². The highest BCUT2D eigenvalue weighted by Gasteiger charge is 2.17. The number of halogens is 2. The second-order valence-corrected chi connectivity index (χ2v) is 4.12. The molecule has 1 aromatic heterocycles. The molecule has 0 aliphatic carbocycles. The summed E-state index contributed by atoms with van der Waals surface area (Å²) in [6.45, 7) is 1.63. The van der Waals surface area contributed by atoms with E-state index in [1.807, 2.05) is 0 Å². The van der Waals surface area contributed by atoms with Gasteiger partial charge in [0.15, 0.2) is 5.82 Å². The van der Waals surface area contributed by atoms with Crippen LogP contribution in [0.5, 0.6) is 0 Å². The van der Waals surface area contributed by atoms with Crippen LogP contribution in [0.15, 0.2) is 42.7 Å². The van der Waals surface area contributed by atoms with Crippen LogP contribution in [0.2, 0.25) is 0 Å². The van der Waals surface area contributed by atoms with Crippen molar-refractivity contribution in [3.05, 3.63) is 59.9 Å². The van der Waals surface area contributed by atoms with Crippen LogP contribution in [0, 0.1) is 11.6 Å². The fourth-order valence-electron chi connectivity index (χ4n) is 1.64. The Balaban J connectivity index is 2.14. The van der Waals surface area contributed by atoms with Gasteiger partial charge in [0.1, 0.15) is 5.82 Å². The first-order valence-electron chi connectivity index (χ1n) is 5.74. The number of hydrogen-bond donors (Lipinski definition) is 1. The molecule has 0 radical (unpaired) electrons. The smallest absolute Gasteiger partial charge is 0.231 e. The quantitative estimate of drug-likeness (QED) is 0.923. The van der Waals surface area contributed by atoms with Gasteiger partial charge >= 0.3 is 0 Å². The Morgan fingerprint density at radius 2 is 2.11 bits per heavy atom. The molecule has 2 aromatic rings. The third kappa shape index (κ3) is 3.13. The number of nitrogens with zero attached hydrogens (tertiary/aromatic N) is 1. The lowest BCUT2D eigenvalue weighted by atomic mass is 10.0. The number of amides is 1. The van der Waals surface area contributed by atoms with E-state index in [1.165, 1.54) is 30.5 Å². The van der Waals surface area contributed by atoms with Gasteiger partial charge in [0.2, 0.25) is 5.91 Å². The minimum Gasteiger partial charge on any atom is -0.323 e. The van der Waals surface area contributed by atoms with Crippen LogP contribution in [-0.2, 0) is 4.79 Å². The van der Waals surface area contributed by atoms with Crippen molar-refractivity contribution in [2.24, 2.45) is 0 Å². The lowest BCUT2D eigenvalue weighted by Crippen LogP contribution is -2.19. The maximum Gasteiger partial charge on any atom is 0.231 e. The SMILES string of the molecule is C[C@@H](C(=O)Nc1ccncc1F)c1cccc(F)c1. The number of carbonyl (C=O) groups is 1. The van der Waals surface area contributed by atoms with Crippen molar-refractivity contribution in [1.82, 2.24) is 4.98 Å². The van der Waals surface area contributed by atoms with Gasteiger partial charge in [-0.25, -0.2) is 8.78 Å². The number of benzene rings is 1. The zero-order valence-corrected chi connectivity index (χ0v) is 10.2. The summed E-state index contributed by atoms with van der Waals surface area (Å²) in [5.74, 6) is -2.01. The normalized spacial score (nSPS) is 11.9. The predicted molar refractivity (Wildman–Crippen MR) is 67.6 cm³/mol.